The highest BCUT2D eigenvalue weighted by molar-refractivity contribution is 5.02. The molecule has 0 radical (unpaired) electrons. The summed E-state index contributed by atoms with van der Waals surface area (Å²) in [5.74, 6) is 0.857. The first-order valence-corrected chi connectivity index (χ1v) is 4.29. The molecule has 0 spiro atoms. The summed E-state index contributed by atoms with van der Waals surface area (Å²) in [5, 5.41) is 3.86. The number of azide groups is 1. The van der Waals surface area contributed by atoms with E-state index in [9.17, 15) is 0 Å². The van der Waals surface area contributed by atoms with Crippen LogP contribution in [-0.4, -0.2) is 6.04 Å². The van der Waals surface area contributed by atoms with Crippen molar-refractivity contribution in [2.45, 2.75) is 38.6 Å². The smallest absolute Gasteiger partial charge is 0.0430 e. The fourth-order valence-corrected chi connectivity index (χ4v) is 2.75. The second-order valence-electron chi connectivity index (χ2n) is 4.22. The van der Waals surface area contributed by atoms with Gasteiger partial charge in [0.2, 0.25) is 0 Å². The summed E-state index contributed by atoms with van der Waals surface area (Å²) < 4.78 is 0. The molecule has 0 N–H and O–H groups in total. The highest BCUT2D eigenvalue weighted by atomic mass is 15.2. The van der Waals surface area contributed by atoms with Crippen LogP contribution in [0.1, 0.15) is 32.6 Å². The summed E-state index contributed by atoms with van der Waals surface area (Å²) in [6, 6.07) is 0.297. The number of hydrogen-bond donors (Lipinski definition) is 0. The molecule has 0 amide bonds. The molecule has 0 aromatic carbocycles. The molecular weight excluding hydrogens is 138 g/mol. The normalized spacial score (nSPS) is 47.4. The lowest BCUT2D eigenvalue weighted by molar-refractivity contribution is 0.282. The molecule has 0 aliphatic heterocycles. The number of fused-ring (bicyclic) bond motifs is 2. The van der Waals surface area contributed by atoms with Crippen molar-refractivity contribution < 1.29 is 0 Å². The lowest BCUT2D eigenvalue weighted by Crippen LogP contribution is -2.24. The van der Waals surface area contributed by atoms with E-state index in [4.69, 9.17) is 5.53 Å². The third-order valence-corrected chi connectivity index (χ3v) is 3.43. The summed E-state index contributed by atoms with van der Waals surface area (Å²) in [6.07, 6.45) is 5.05. The molecule has 2 saturated carbocycles. The predicted molar refractivity (Wildman–Crippen MR) is 43.0 cm³/mol. The van der Waals surface area contributed by atoms with Crippen LogP contribution < -0.4 is 0 Å². The van der Waals surface area contributed by atoms with Crippen molar-refractivity contribution >= 4 is 0 Å². The summed E-state index contributed by atoms with van der Waals surface area (Å²) in [4.78, 5) is 2.91. The molecular formula is C8H13N3. The van der Waals surface area contributed by atoms with E-state index in [0.717, 1.165) is 12.3 Å². The zero-order chi connectivity index (χ0) is 7.90. The first-order valence-electron chi connectivity index (χ1n) is 4.29. The van der Waals surface area contributed by atoms with Gasteiger partial charge in [-0.2, -0.15) is 0 Å². The molecule has 3 nitrogen and oxygen atoms in total. The maximum absolute atomic E-state index is 8.33. The molecule has 2 rings (SSSR count). The summed E-state index contributed by atoms with van der Waals surface area (Å²) in [6.45, 7) is 2.26. The van der Waals surface area contributed by atoms with Crippen LogP contribution >= 0.6 is 0 Å². The van der Waals surface area contributed by atoms with Gasteiger partial charge in [0, 0.05) is 11.0 Å². The van der Waals surface area contributed by atoms with Crippen LogP contribution in [0.4, 0.5) is 0 Å². The molecule has 3 atom stereocenters. The quantitative estimate of drug-likeness (QED) is 0.314. The molecule has 11 heavy (non-hydrogen) atoms. The fourth-order valence-electron chi connectivity index (χ4n) is 2.75. The van der Waals surface area contributed by atoms with Crippen LogP contribution in [-0.2, 0) is 0 Å². The first-order chi connectivity index (χ1) is 5.24. The van der Waals surface area contributed by atoms with E-state index in [2.05, 4.69) is 16.9 Å². The summed E-state index contributed by atoms with van der Waals surface area (Å²) >= 11 is 0. The Bertz CT molecular complexity index is 219. The van der Waals surface area contributed by atoms with Gasteiger partial charge in [-0.1, -0.05) is 12.0 Å². The van der Waals surface area contributed by atoms with Crippen molar-refractivity contribution in [2.24, 2.45) is 16.4 Å². The van der Waals surface area contributed by atoms with E-state index in [1.54, 1.807) is 0 Å². The van der Waals surface area contributed by atoms with Crippen LogP contribution in [0.3, 0.4) is 0 Å². The lowest BCUT2D eigenvalue weighted by Gasteiger charge is -2.27. The van der Waals surface area contributed by atoms with Gasteiger partial charge in [-0.3, -0.25) is 0 Å². The van der Waals surface area contributed by atoms with Gasteiger partial charge < -0.3 is 0 Å². The maximum Gasteiger partial charge on any atom is 0.0430 e. The minimum atomic E-state index is 0.297. The SMILES string of the molecule is C[C@]12CC[C@H](C[C@@H]1N=[N+]=[N-])C2. The molecule has 60 valence electrons. The Balaban J connectivity index is 2.21. The second-order valence-corrected chi connectivity index (χ2v) is 4.22. The number of hydrogen-bond acceptors (Lipinski definition) is 1. The van der Waals surface area contributed by atoms with Crippen molar-refractivity contribution in [1.29, 1.82) is 0 Å². The third-order valence-electron chi connectivity index (χ3n) is 3.43. The van der Waals surface area contributed by atoms with Gasteiger partial charge in [0.05, 0.1) is 0 Å². The Morgan fingerprint density at radius 3 is 2.91 bits per heavy atom. The van der Waals surface area contributed by atoms with Gasteiger partial charge in [0.15, 0.2) is 0 Å². The minimum absolute atomic E-state index is 0.297. The fraction of sp³-hybridized carbons (Fsp3) is 1.00. The molecule has 3 heteroatoms. The van der Waals surface area contributed by atoms with Crippen LogP contribution in [0, 0.1) is 11.3 Å². The third kappa shape index (κ3) is 0.916. The van der Waals surface area contributed by atoms with Crippen LogP contribution in [0.25, 0.3) is 10.4 Å². The van der Waals surface area contributed by atoms with Crippen molar-refractivity contribution in [1.82, 2.24) is 0 Å². The number of rotatable bonds is 1. The van der Waals surface area contributed by atoms with Gasteiger partial charge in [-0.25, -0.2) is 0 Å². The standard InChI is InChI=1S/C8H13N3/c1-8-3-2-6(5-8)4-7(8)10-11-9/h6-7H,2-5H2,1H3/t6-,7+,8-/m1/s1. The van der Waals surface area contributed by atoms with E-state index in [1.807, 2.05) is 0 Å². The summed E-state index contributed by atoms with van der Waals surface area (Å²) in [5.41, 5.74) is 8.69. The minimum Gasteiger partial charge on any atom is -0.0900 e. The van der Waals surface area contributed by atoms with Gasteiger partial charge >= 0.3 is 0 Å². The van der Waals surface area contributed by atoms with Gasteiger partial charge in [0.1, 0.15) is 0 Å². The summed E-state index contributed by atoms with van der Waals surface area (Å²) in [7, 11) is 0. The highest BCUT2D eigenvalue weighted by Gasteiger charge is 2.48. The highest BCUT2D eigenvalue weighted by Crippen LogP contribution is 2.54. The van der Waals surface area contributed by atoms with E-state index in [-0.39, 0.29) is 0 Å². The monoisotopic (exact) mass is 151 g/mol. The molecule has 2 aliphatic carbocycles. The predicted octanol–water partition coefficient (Wildman–Crippen LogP) is 2.88. The van der Waals surface area contributed by atoms with Crippen LogP contribution in [0.2, 0.25) is 0 Å². The Morgan fingerprint density at radius 1 is 1.64 bits per heavy atom. The average Bonchev–Trinajstić information content (AvgIpc) is 2.44. The van der Waals surface area contributed by atoms with E-state index in [1.165, 1.54) is 19.3 Å². The molecule has 0 aromatic rings. The molecule has 0 saturated heterocycles. The van der Waals surface area contributed by atoms with Crippen molar-refractivity contribution in [3.63, 3.8) is 0 Å². The van der Waals surface area contributed by atoms with E-state index < -0.39 is 0 Å². The van der Waals surface area contributed by atoms with Crippen molar-refractivity contribution in [3.8, 4) is 0 Å². The second kappa shape index (κ2) is 2.15. The molecule has 0 aromatic heterocycles. The largest absolute Gasteiger partial charge is 0.0900 e. The molecule has 2 bridgehead atoms. The van der Waals surface area contributed by atoms with Gasteiger partial charge in [-0.15, -0.1) is 0 Å². The van der Waals surface area contributed by atoms with E-state index in [0.29, 0.717) is 11.5 Å². The Morgan fingerprint density at radius 2 is 2.45 bits per heavy atom. The van der Waals surface area contributed by atoms with Gasteiger partial charge in [0.25, 0.3) is 0 Å². The Hall–Kier alpha value is -0.690. The zero-order valence-electron chi connectivity index (χ0n) is 6.82. The first kappa shape index (κ1) is 6.99. The molecule has 0 heterocycles. The lowest BCUT2D eigenvalue weighted by atomic mass is 9.82. The van der Waals surface area contributed by atoms with Gasteiger partial charge in [-0.05, 0) is 42.5 Å². The maximum atomic E-state index is 8.33. The Labute approximate surface area is 66.4 Å². The topological polar surface area (TPSA) is 48.8 Å². The number of nitrogens with zero attached hydrogens (tertiary/aromatic N) is 3. The molecule has 2 aliphatic rings. The van der Waals surface area contributed by atoms with Crippen molar-refractivity contribution in [3.05, 3.63) is 10.4 Å². The Kier molecular flexibility index (Phi) is 1.36. The molecule has 2 fully saturated rings. The van der Waals surface area contributed by atoms with Crippen LogP contribution in [0.5, 0.6) is 0 Å². The molecule has 0 unspecified atom stereocenters. The van der Waals surface area contributed by atoms with Crippen molar-refractivity contribution in [2.75, 3.05) is 0 Å². The average molecular weight is 151 g/mol. The van der Waals surface area contributed by atoms with E-state index >= 15 is 0 Å². The zero-order valence-corrected chi connectivity index (χ0v) is 6.82. The van der Waals surface area contributed by atoms with Crippen LogP contribution in [0.15, 0.2) is 5.11 Å².